The van der Waals surface area contributed by atoms with Crippen LogP contribution in [-0.4, -0.2) is 20.5 Å². The van der Waals surface area contributed by atoms with Crippen molar-refractivity contribution in [3.05, 3.63) is 18.0 Å². The molecule has 4 aliphatic carbocycles. The van der Waals surface area contributed by atoms with Crippen LogP contribution in [0.2, 0.25) is 0 Å². The molecule has 1 heterocycles. The number of nitriles is 1. The Kier molecular flexibility index (Phi) is 5.72. The van der Waals surface area contributed by atoms with Gasteiger partial charge in [0, 0.05) is 12.7 Å². The van der Waals surface area contributed by atoms with Gasteiger partial charge in [0.2, 0.25) is 0 Å². The van der Waals surface area contributed by atoms with Gasteiger partial charge in [-0.05, 0) is 111 Å². The summed E-state index contributed by atoms with van der Waals surface area (Å²) >= 11 is 0. The lowest BCUT2D eigenvalue weighted by molar-refractivity contribution is -0.122. The van der Waals surface area contributed by atoms with Gasteiger partial charge >= 0.3 is 0 Å². The van der Waals surface area contributed by atoms with Crippen molar-refractivity contribution in [3.63, 3.8) is 0 Å². The van der Waals surface area contributed by atoms with Gasteiger partial charge in [-0.2, -0.15) is 10.4 Å². The molecule has 4 nitrogen and oxygen atoms in total. The van der Waals surface area contributed by atoms with Gasteiger partial charge in [0.25, 0.3) is 0 Å². The van der Waals surface area contributed by atoms with Crippen LogP contribution in [0.15, 0.2) is 12.4 Å². The average Bonchev–Trinajstić information content (AvgIpc) is 3.36. The van der Waals surface area contributed by atoms with Gasteiger partial charge in [-0.15, -0.1) is 0 Å². The molecular formula is C28H43N3O. The van der Waals surface area contributed by atoms with Gasteiger partial charge in [0.15, 0.2) is 0 Å². The van der Waals surface area contributed by atoms with Crippen molar-refractivity contribution in [3.8, 4) is 6.07 Å². The van der Waals surface area contributed by atoms with Crippen molar-refractivity contribution in [2.45, 2.75) is 97.6 Å². The number of hydrogen-bond acceptors (Lipinski definition) is 3. The van der Waals surface area contributed by atoms with Crippen LogP contribution in [0.5, 0.6) is 0 Å². The standard InChI is InChI=1S/C28H43N3O/c1-18(2)28(32)12-10-22-21(13-28)5-6-24-23(22)9-11-27(4)25(7-8-26(24)27)19(3)16-31-17-20(14-29)15-30-31/h15,17-19,21-26,32H,5-13,16H2,1-4H3/t19-,21+,22-,23+,24+,25+,26-,27+,28+/m0/s1. The van der Waals surface area contributed by atoms with Crippen LogP contribution in [0.3, 0.4) is 0 Å². The van der Waals surface area contributed by atoms with E-state index in [1.165, 1.54) is 44.9 Å². The van der Waals surface area contributed by atoms with Crippen molar-refractivity contribution in [1.82, 2.24) is 9.78 Å². The molecule has 4 fully saturated rings. The molecule has 0 unspecified atom stereocenters. The normalized spacial score (nSPS) is 44.4. The maximum Gasteiger partial charge on any atom is 0.102 e. The number of fused-ring (bicyclic) bond motifs is 5. The second-order valence-corrected chi connectivity index (χ2v) is 12.7. The first-order valence-corrected chi connectivity index (χ1v) is 13.4. The second kappa shape index (κ2) is 8.15. The van der Waals surface area contributed by atoms with E-state index in [1.807, 2.05) is 10.9 Å². The molecule has 4 aliphatic rings. The third kappa shape index (κ3) is 3.54. The molecule has 4 saturated carbocycles. The van der Waals surface area contributed by atoms with Crippen LogP contribution in [-0.2, 0) is 6.54 Å². The molecule has 0 spiro atoms. The molecule has 0 aliphatic heterocycles. The van der Waals surface area contributed by atoms with Gasteiger partial charge < -0.3 is 5.11 Å². The highest BCUT2D eigenvalue weighted by Gasteiger charge is 2.58. The Hall–Kier alpha value is -1.34. The largest absolute Gasteiger partial charge is 0.390 e. The fraction of sp³-hybridized carbons (Fsp3) is 0.857. The predicted octanol–water partition coefficient (Wildman–Crippen LogP) is 6.05. The van der Waals surface area contributed by atoms with Crippen molar-refractivity contribution in [1.29, 1.82) is 5.26 Å². The van der Waals surface area contributed by atoms with Gasteiger partial charge in [-0.25, -0.2) is 0 Å². The van der Waals surface area contributed by atoms with Crippen molar-refractivity contribution >= 4 is 0 Å². The Bertz CT molecular complexity index is 870. The number of hydrogen-bond donors (Lipinski definition) is 1. The number of rotatable bonds is 4. The van der Waals surface area contributed by atoms with Crippen LogP contribution >= 0.6 is 0 Å². The summed E-state index contributed by atoms with van der Waals surface area (Å²) in [6, 6.07) is 2.21. The fourth-order valence-corrected chi connectivity index (χ4v) is 9.35. The van der Waals surface area contributed by atoms with E-state index < -0.39 is 5.60 Å². The minimum atomic E-state index is -0.414. The Balaban J connectivity index is 1.28. The molecule has 32 heavy (non-hydrogen) atoms. The molecular weight excluding hydrogens is 394 g/mol. The first-order valence-electron chi connectivity index (χ1n) is 13.4. The van der Waals surface area contributed by atoms with E-state index in [4.69, 9.17) is 5.26 Å². The van der Waals surface area contributed by atoms with Gasteiger partial charge in [0.05, 0.1) is 17.4 Å². The maximum absolute atomic E-state index is 11.2. The molecule has 0 saturated heterocycles. The molecule has 0 bridgehead atoms. The molecule has 0 radical (unpaired) electrons. The third-order valence-corrected chi connectivity index (χ3v) is 11.1. The molecule has 176 valence electrons. The van der Waals surface area contributed by atoms with E-state index in [9.17, 15) is 5.11 Å². The molecule has 0 amide bonds. The summed E-state index contributed by atoms with van der Waals surface area (Å²) < 4.78 is 1.99. The highest BCUT2D eigenvalue weighted by atomic mass is 16.3. The summed E-state index contributed by atoms with van der Waals surface area (Å²) in [5.41, 5.74) is 0.719. The zero-order valence-electron chi connectivity index (χ0n) is 20.6. The summed E-state index contributed by atoms with van der Waals surface area (Å²) in [5.74, 6) is 6.06. The molecule has 4 heteroatoms. The smallest absolute Gasteiger partial charge is 0.102 e. The lowest BCUT2D eigenvalue weighted by Gasteiger charge is -2.58. The topological polar surface area (TPSA) is 61.8 Å². The quantitative estimate of drug-likeness (QED) is 0.624. The van der Waals surface area contributed by atoms with Gasteiger partial charge in [-0.1, -0.05) is 27.7 Å². The highest BCUT2D eigenvalue weighted by molar-refractivity contribution is 5.21. The van der Waals surface area contributed by atoms with Crippen molar-refractivity contribution in [2.24, 2.45) is 52.8 Å². The van der Waals surface area contributed by atoms with E-state index in [0.717, 1.165) is 54.9 Å². The zero-order valence-corrected chi connectivity index (χ0v) is 20.6. The minimum absolute atomic E-state index is 0.381. The Labute approximate surface area is 194 Å². The Morgan fingerprint density at radius 1 is 1.09 bits per heavy atom. The molecule has 9 atom stereocenters. The second-order valence-electron chi connectivity index (χ2n) is 12.7. The summed E-state index contributed by atoms with van der Waals surface area (Å²) in [6.45, 7) is 10.4. The van der Waals surface area contributed by atoms with Crippen molar-refractivity contribution < 1.29 is 5.11 Å². The van der Waals surface area contributed by atoms with E-state index in [2.05, 4.69) is 38.9 Å². The zero-order chi connectivity index (χ0) is 22.7. The minimum Gasteiger partial charge on any atom is -0.390 e. The molecule has 1 aromatic rings. The van der Waals surface area contributed by atoms with Crippen LogP contribution in [0.25, 0.3) is 0 Å². The average molecular weight is 438 g/mol. The Morgan fingerprint density at radius 3 is 2.59 bits per heavy atom. The molecule has 0 aromatic carbocycles. The highest BCUT2D eigenvalue weighted by Crippen LogP contribution is 2.66. The lowest BCUT2D eigenvalue weighted by atomic mass is 9.48. The predicted molar refractivity (Wildman–Crippen MR) is 126 cm³/mol. The fourth-order valence-electron chi connectivity index (χ4n) is 9.35. The summed E-state index contributed by atoms with van der Waals surface area (Å²) in [6.07, 6.45) is 15.2. The lowest BCUT2D eigenvalue weighted by Crippen LogP contribution is -2.52. The summed E-state index contributed by atoms with van der Waals surface area (Å²) in [7, 11) is 0. The van der Waals surface area contributed by atoms with Crippen LogP contribution < -0.4 is 0 Å². The van der Waals surface area contributed by atoms with E-state index in [-0.39, 0.29) is 0 Å². The molecule has 5 rings (SSSR count). The number of aliphatic hydroxyl groups is 1. The van der Waals surface area contributed by atoms with Crippen molar-refractivity contribution in [2.75, 3.05) is 0 Å². The van der Waals surface area contributed by atoms with Crippen LogP contribution in [0.1, 0.15) is 91.0 Å². The van der Waals surface area contributed by atoms with E-state index >= 15 is 0 Å². The number of aromatic nitrogens is 2. The third-order valence-electron chi connectivity index (χ3n) is 11.1. The first kappa shape index (κ1) is 22.5. The SMILES string of the molecule is CC(C)[C@@]1(O)CC[C@H]2[C@H](CC[C@@H]3[C@@H]2CC[C@]2(C)[C@@H]([C@@H](C)Cn4cc(C#N)cn4)CC[C@@H]32)C1. The Morgan fingerprint density at radius 2 is 1.88 bits per heavy atom. The van der Waals surface area contributed by atoms with E-state index in [0.29, 0.717) is 22.8 Å². The van der Waals surface area contributed by atoms with Gasteiger partial charge in [0.1, 0.15) is 6.07 Å². The van der Waals surface area contributed by atoms with Gasteiger partial charge in [-0.3, -0.25) is 4.68 Å². The summed E-state index contributed by atoms with van der Waals surface area (Å²) in [4.78, 5) is 0. The van der Waals surface area contributed by atoms with Crippen LogP contribution in [0.4, 0.5) is 0 Å². The maximum atomic E-state index is 11.2. The summed E-state index contributed by atoms with van der Waals surface area (Å²) in [5, 5.41) is 24.7. The molecule has 1 N–H and O–H groups in total. The first-order chi connectivity index (χ1) is 15.2. The number of nitrogens with zero attached hydrogens (tertiary/aromatic N) is 3. The monoisotopic (exact) mass is 437 g/mol. The van der Waals surface area contributed by atoms with E-state index in [1.54, 1.807) is 6.20 Å². The molecule has 1 aromatic heterocycles. The van der Waals surface area contributed by atoms with Crippen LogP contribution in [0, 0.1) is 64.1 Å².